The van der Waals surface area contributed by atoms with E-state index in [-0.39, 0.29) is 25.2 Å². The average molecular weight is 570 g/mol. The van der Waals surface area contributed by atoms with Crippen molar-refractivity contribution in [2.75, 3.05) is 0 Å². The van der Waals surface area contributed by atoms with Crippen molar-refractivity contribution in [1.29, 1.82) is 0 Å². The predicted octanol–water partition coefficient (Wildman–Crippen LogP) is 0.0633. The van der Waals surface area contributed by atoms with Crippen molar-refractivity contribution >= 4 is 40.6 Å². The molecule has 0 saturated carbocycles. The minimum Gasteiger partial charge on any atom is -0.481 e. The third-order valence-corrected chi connectivity index (χ3v) is 6.40. The summed E-state index contributed by atoms with van der Waals surface area (Å²) >= 11 is 0. The Kier molecular flexibility index (Phi) is 10.6. The van der Waals surface area contributed by atoms with Gasteiger partial charge < -0.3 is 41.9 Å². The van der Waals surface area contributed by atoms with E-state index in [0.717, 1.165) is 16.5 Å². The number of nitrogens with two attached hydrogens (primary N) is 1. The van der Waals surface area contributed by atoms with E-state index < -0.39 is 60.2 Å². The molecule has 2 aromatic heterocycles. The van der Waals surface area contributed by atoms with Crippen LogP contribution in [0.5, 0.6) is 0 Å². The molecule has 4 unspecified atom stereocenters. The average Bonchev–Trinajstić information content (AvgIpc) is 3.57. The molecular weight excluding hydrogens is 534 g/mol. The van der Waals surface area contributed by atoms with Crippen molar-refractivity contribution in [2.45, 2.75) is 63.7 Å². The molecule has 3 aromatic rings. The minimum absolute atomic E-state index is 0.0616. The van der Waals surface area contributed by atoms with Crippen LogP contribution in [0, 0.1) is 5.92 Å². The second-order valence-corrected chi connectivity index (χ2v) is 10.2. The smallest absolute Gasteiger partial charge is 0.326 e. The standard InChI is InChI=1S/C27H35N7O7/c1-14(2)7-20(32-24(37)18(28)8-15-11-30-19-6-4-3-5-17(15)19)25(38)33-21(10-23(35)36)26(39)34-22(27(40)41)9-16-12-29-13-31-16/h3-6,11-14,18,20-22,30H,7-10,28H2,1-2H3,(H,29,31)(H,32,37)(H,33,38)(H,34,39)(H,35,36)(H,40,41). The van der Waals surface area contributed by atoms with E-state index in [1.807, 2.05) is 38.1 Å². The molecular formula is C27H35N7O7. The molecule has 3 rings (SSSR count). The van der Waals surface area contributed by atoms with Gasteiger partial charge >= 0.3 is 11.9 Å². The van der Waals surface area contributed by atoms with E-state index in [2.05, 4.69) is 30.9 Å². The van der Waals surface area contributed by atoms with Crippen LogP contribution in [0.25, 0.3) is 10.9 Å². The van der Waals surface area contributed by atoms with Crippen LogP contribution in [-0.2, 0) is 36.8 Å². The molecule has 0 aliphatic carbocycles. The van der Waals surface area contributed by atoms with Gasteiger partial charge in [0.25, 0.3) is 0 Å². The zero-order valence-corrected chi connectivity index (χ0v) is 22.7. The second-order valence-electron chi connectivity index (χ2n) is 10.2. The van der Waals surface area contributed by atoms with Crippen molar-refractivity contribution in [3.63, 3.8) is 0 Å². The number of carboxylic acid groups (broad SMARTS) is 2. The van der Waals surface area contributed by atoms with Crippen LogP contribution in [0.4, 0.5) is 0 Å². The molecule has 1 aromatic carbocycles. The van der Waals surface area contributed by atoms with Gasteiger partial charge in [0.05, 0.1) is 18.8 Å². The number of amides is 3. The molecule has 2 heterocycles. The Hall–Kier alpha value is -4.72. The molecule has 0 saturated heterocycles. The van der Waals surface area contributed by atoms with Crippen molar-refractivity contribution in [3.8, 4) is 0 Å². The van der Waals surface area contributed by atoms with Gasteiger partial charge in [-0.25, -0.2) is 9.78 Å². The molecule has 41 heavy (non-hydrogen) atoms. The second kappa shape index (κ2) is 14.1. The van der Waals surface area contributed by atoms with Gasteiger partial charge in [-0.1, -0.05) is 32.0 Å². The van der Waals surface area contributed by atoms with E-state index in [1.54, 1.807) is 6.20 Å². The molecule has 9 N–H and O–H groups in total. The fraction of sp³-hybridized carbons (Fsp3) is 0.407. The van der Waals surface area contributed by atoms with Crippen LogP contribution < -0.4 is 21.7 Å². The largest absolute Gasteiger partial charge is 0.481 e. The number of nitrogens with one attached hydrogen (secondary N) is 5. The van der Waals surface area contributed by atoms with Crippen molar-refractivity contribution in [1.82, 2.24) is 30.9 Å². The first-order valence-electron chi connectivity index (χ1n) is 13.1. The third-order valence-electron chi connectivity index (χ3n) is 6.40. The highest BCUT2D eigenvalue weighted by Crippen LogP contribution is 2.19. The molecule has 14 heteroatoms. The van der Waals surface area contributed by atoms with Gasteiger partial charge in [0, 0.05) is 35.4 Å². The number of hydrogen-bond acceptors (Lipinski definition) is 7. The number of carbonyl (C=O) groups is 5. The summed E-state index contributed by atoms with van der Waals surface area (Å²) in [7, 11) is 0. The lowest BCUT2D eigenvalue weighted by Crippen LogP contribution is -2.58. The lowest BCUT2D eigenvalue weighted by Gasteiger charge is -2.25. The molecule has 0 aliphatic rings. The van der Waals surface area contributed by atoms with E-state index in [0.29, 0.717) is 5.69 Å². The normalized spacial score (nSPS) is 14.1. The summed E-state index contributed by atoms with van der Waals surface area (Å²) in [4.78, 5) is 72.0. The number of para-hydroxylation sites is 1. The number of aromatic amines is 2. The first-order valence-corrected chi connectivity index (χ1v) is 13.1. The Balaban J connectivity index is 1.69. The number of benzene rings is 1. The molecule has 0 spiro atoms. The number of imidazole rings is 1. The van der Waals surface area contributed by atoms with Crippen LogP contribution in [0.15, 0.2) is 43.0 Å². The summed E-state index contributed by atoms with van der Waals surface area (Å²) in [6.45, 7) is 3.65. The van der Waals surface area contributed by atoms with E-state index >= 15 is 0 Å². The van der Waals surface area contributed by atoms with E-state index in [4.69, 9.17) is 5.73 Å². The van der Waals surface area contributed by atoms with Gasteiger partial charge in [-0.2, -0.15) is 0 Å². The molecule has 14 nitrogen and oxygen atoms in total. The lowest BCUT2D eigenvalue weighted by molar-refractivity contribution is -0.143. The summed E-state index contributed by atoms with van der Waals surface area (Å²) in [5.41, 5.74) is 8.32. The quantitative estimate of drug-likeness (QED) is 0.123. The highest BCUT2D eigenvalue weighted by Gasteiger charge is 2.32. The number of H-pyrrole nitrogens is 2. The van der Waals surface area contributed by atoms with E-state index in [1.165, 1.54) is 12.5 Å². The lowest BCUT2D eigenvalue weighted by atomic mass is 10.0. The summed E-state index contributed by atoms with van der Waals surface area (Å²) in [6.07, 6.45) is 3.92. The zero-order valence-electron chi connectivity index (χ0n) is 22.7. The van der Waals surface area contributed by atoms with Crippen LogP contribution >= 0.6 is 0 Å². The molecule has 0 bridgehead atoms. The Morgan fingerprint density at radius 2 is 1.56 bits per heavy atom. The maximum absolute atomic E-state index is 13.2. The van der Waals surface area contributed by atoms with Gasteiger partial charge in [0.2, 0.25) is 17.7 Å². The van der Waals surface area contributed by atoms with Gasteiger partial charge in [-0.05, 0) is 30.4 Å². The minimum atomic E-state index is -1.60. The number of aliphatic carboxylic acids is 2. The predicted molar refractivity (Wildman–Crippen MR) is 147 cm³/mol. The number of aromatic nitrogens is 3. The first-order chi connectivity index (χ1) is 19.4. The molecule has 220 valence electrons. The highest BCUT2D eigenvalue weighted by molar-refractivity contribution is 5.96. The number of rotatable bonds is 15. The Morgan fingerprint density at radius 3 is 2.20 bits per heavy atom. The van der Waals surface area contributed by atoms with Crippen LogP contribution in [0.1, 0.15) is 37.9 Å². The van der Waals surface area contributed by atoms with Gasteiger partial charge in [-0.15, -0.1) is 0 Å². The molecule has 0 aliphatic heterocycles. The van der Waals surface area contributed by atoms with Crippen molar-refractivity contribution in [2.24, 2.45) is 11.7 Å². The van der Waals surface area contributed by atoms with Crippen LogP contribution in [-0.4, -0.2) is 79.0 Å². The number of hydrogen-bond donors (Lipinski definition) is 8. The van der Waals surface area contributed by atoms with Gasteiger partial charge in [0.1, 0.15) is 18.1 Å². The fourth-order valence-electron chi connectivity index (χ4n) is 4.36. The summed E-state index contributed by atoms with van der Waals surface area (Å²) in [5.74, 6) is -5.21. The Labute approximate surface area is 235 Å². The third kappa shape index (κ3) is 8.89. The topological polar surface area (TPSA) is 232 Å². The summed E-state index contributed by atoms with van der Waals surface area (Å²) < 4.78 is 0. The number of carbonyl (C=O) groups excluding carboxylic acids is 3. The number of fused-ring (bicyclic) bond motifs is 1. The maximum atomic E-state index is 13.2. The van der Waals surface area contributed by atoms with Crippen LogP contribution in [0.2, 0.25) is 0 Å². The van der Waals surface area contributed by atoms with Crippen molar-refractivity contribution < 1.29 is 34.2 Å². The maximum Gasteiger partial charge on any atom is 0.326 e. The fourth-order valence-corrected chi connectivity index (χ4v) is 4.36. The first kappa shape index (κ1) is 30.8. The molecule has 0 radical (unpaired) electrons. The molecule has 0 fully saturated rings. The number of nitrogens with zero attached hydrogens (tertiary/aromatic N) is 1. The zero-order chi connectivity index (χ0) is 30.1. The molecule has 3 amide bonds. The van der Waals surface area contributed by atoms with Crippen molar-refractivity contribution in [3.05, 3.63) is 54.2 Å². The summed E-state index contributed by atoms with van der Waals surface area (Å²) in [6, 6.07) is 2.41. The SMILES string of the molecule is CC(C)CC(NC(=O)C(N)Cc1c[nH]c2ccccc12)C(=O)NC(CC(=O)O)C(=O)NC(Cc1cnc[nH]1)C(=O)O. The highest BCUT2D eigenvalue weighted by atomic mass is 16.4. The monoisotopic (exact) mass is 569 g/mol. The Morgan fingerprint density at radius 1 is 0.902 bits per heavy atom. The van der Waals surface area contributed by atoms with Crippen LogP contribution in [0.3, 0.4) is 0 Å². The number of carboxylic acids is 2. The van der Waals surface area contributed by atoms with Gasteiger partial charge in [0.15, 0.2) is 0 Å². The van der Waals surface area contributed by atoms with Gasteiger partial charge in [-0.3, -0.25) is 19.2 Å². The summed E-state index contributed by atoms with van der Waals surface area (Å²) in [5, 5.41) is 27.1. The molecule has 4 atom stereocenters. The van der Waals surface area contributed by atoms with E-state index in [9.17, 15) is 34.2 Å². The Bertz CT molecular complexity index is 1370.